The molecule has 0 bridgehead atoms. The number of rotatable bonds is 6. The smallest absolute Gasteiger partial charge is 0.323 e. The molecule has 0 aliphatic heterocycles. The van der Waals surface area contributed by atoms with Crippen molar-refractivity contribution in [3.05, 3.63) is 42.5 Å². The summed E-state index contributed by atoms with van der Waals surface area (Å²) in [6.07, 6.45) is 0.104. The van der Waals surface area contributed by atoms with Crippen LogP contribution in [0.2, 0.25) is 0 Å². The van der Waals surface area contributed by atoms with Crippen molar-refractivity contribution in [2.24, 2.45) is 0 Å². The summed E-state index contributed by atoms with van der Waals surface area (Å²) < 4.78 is 16.0. The molecule has 0 aliphatic rings. The minimum absolute atomic E-state index is 0.104. The zero-order valence-electron chi connectivity index (χ0n) is 14.3. The van der Waals surface area contributed by atoms with Gasteiger partial charge in [0.2, 0.25) is 0 Å². The van der Waals surface area contributed by atoms with E-state index in [1.54, 1.807) is 44.6 Å². The lowest BCUT2D eigenvalue weighted by Gasteiger charge is -2.13. The molecule has 2 aromatic carbocycles. The topological polar surface area (TPSA) is 68.8 Å². The Bertz CT molecular complexity index is 684. The van der Waals surface area contributed by atoms with E-state index < -0.39 is 0 Å². The van der Waals surface area contributed by atoms with Crippen molar-refractivity contribution in [1.82, 2.24) is 0 Å². The van der Waals surface area contributed by atoms with Crippen molar-refractivity contribution in [1.29, 1.82) is 0 Å². The molecule has 2 amide bonds. The average molecular weight is 330 g/mol. The molecule has 0 unspecified atom stereocenters. The van der Waals surface area contributed by atoms with Crippen molar-refractivity contribution < 1.29 is 19.0 Å². The fourth-order valence-corrected chi connectivity index (χ4v) is 2.09. The van der Waals surface area contributed by atoms with Gasteiger partial charge in [0.05, 0.1) is 26.0 Å². The number of carbonyl (C=O) groups is 1. The van der Waals surface area contributed by atoms with E-state index in [1.807, 2.05) is 26.0 Å². The van der Waals surface area contributed by atoms with Crippen LogP contribution in [-0.4, -0.2) is 26.4 Å². The molecule has 2 aromatic rings. The first-order valence-electron chi connectivity index (χ1n) is 7.58. The van der Waals surface area contributed by atoms with E-state index in [2.05, 4.69) is 10.6 Å². The highest BCUT2D eigenvalue weighted by atomic mass is 16.5. The van der Waals surface area contributed by atoms with Crippen LogP contribution < -0.4 is 24.8 Å². The van der Waals surface area contributed by atoms with Gasteiger partial charge in [0, 0.05) is 11.8 Å². The number of hydrogen-bond donors (Lipinski definition) is 2. The quantitative estimate of drug-likeness (QED) is 0.835. The first kappa shape index (κ1) is 17.5. The second-order valence-electron chi connectivity index (χ2n) is 5.34. The van der Waals surface area contributed by atoms with E-state index in [1.165, 1.54) is 0 Å². The van der Waals surface area contributed by atoms with Gasteiger partial charge in [-0.1, -0.05) is 0 Å². The van der Waals surface area contributed by atoms with Gasteiger partial charge in [0.15, 0.2) is 0 Å². The number of amides is 2. The van der Waals surface area contributed by atoms with Crippen LogP contribution in [0.25, 0.3) is 0 Å². The minimum atomic E-state index is -0.376. The minimum Gasteiger partial charge on any atom is -0.497 e. The van der Waals surface area contributed by atoms with Crippen LogP contribution in [0.4, 0.5) is 16.2 Å². The van der Waals surface area contributed by atoms with Crippen LogP contribution in [0, 0.1) is 0 Å². The zero-order valence-corrected chi connectivity index (χ0v) is 14.3. The number of methoxy groups -OCH3 is 2. The van der Waals surface area contributed by atoms with E-state index in [4.69, 9.17) is 14.2 Å². The SMILES string of the molecule is COc1ccc(OC)c(NC(=O)Nc2ccc(OC(C)C)cc2)c1. The average Bonchev–Trinajstić information content (AvgIpc) is 2.56. The number of anilines is 2. The van der Waals surface area contributed by atoms with Crippen LogP contribution in [0.1, 0.15) is 13.8 Å². The lowest BCUT2D eigenvalue weighted by Crippen LogP contribution is -2.19. The third kappa shape index (κ3) is 4.81. The maximum atomic E-state index is 12.2. The Hall–Kier alpha value is -2.89. The third-order valence-electron chi connectivity index (χ3n) is 3.14. The normalized spacial score (nSPS) is 10.2. The van der Waals surface area contributed by atoms with Crippen molar-refractivity contribution in [3.63, 3.8) is 0 Å². The molecule has 0 radical (unpaired) electrons. The summed E-state index contributed by atoms with van der Waals surface area (Å²) in [5.41, 5.74) is 1.18. The zero-order chi connectivity index (χ0) is 17.5. The van der Waals surface area contributed by atoms with Gasteiger partial charge in [-0.3, -0.25) is 0 Å². The van der Waals surface area contributed by atoms with Crippen LogP contribution in [-0.2, 0) is 0 Å². The largest absolute Gasteiger partial charge is 0.497 e. The summed E-state index contributed by atoms with van der Waals surface area (Å²) in [4.78, 5) is 12.2. The molecule has 2 rings (SSSR count). The van der Waals surface area contributed by atoms with Crippen LogP contribution in [0.3, 0.4) is 0 Å². The highest BCUT2D eigenvalue weighted by molar-refractivity contribution is 6.00. The van der Waals surface area contributed by atoms with Gasteiger partial charge in [-0.2, -0.15) is 0 Å². The fourth-order valence-electron chi connectivity index (χ4n) is 2.09. The summed E-state index contributed by atoms with van der Waals surface area (Å²) in [6, 6.07) is 12.0. The summed E-state index contributed by atoms with van der Waals surface area (Å²) in [7, 11) is 3.10. The predicted octanol–water partition coefficient (Wildman–Crippen LogP) is 4.14. The molecule has 0 fully saturated rings. The molecule has 24 heavy (non-hydrogen) atoms. The number of ether oxygens (including phenoxy) is 3. The molecule has 0 saturated heterocycles. The molecule has 6 heteroatoms. The van der Waals surface area contributed by atoms with Gasteiger partial charge in [0.1, 0.15) is 17.2 Å². The number of nitrogens with one attached hydrogen (secondary N) is 2. The van der Waals surface area contributed by atoms with Crippen molar-refractivity contribution >= 4 is 17.4 Å². The van der Waals surface area contributed by atoms with Gasteiger partial charge in [-0.05, 0) is 50.2 Å². The standard InChI is InChI=1S/C18H22N2O4/c1-12(2)24-14-7-5-13(6-8-14)19-18(21)20-16-11-15(22-3)9-10-17(16)23-4/h5-12H,1-4H3,(H2,19,20,21). The monoisotopic (exact) mass is 330 g/mol. The van der Waals surface area contributed by atoms with E-state index in [-0.39, 0.29) is 12.1 Å². The molecular formula is C18H22N2O4. The Morgan fingerprint density at radius 3 is 2.17 bits per heavy atom. The van der Waals surface area contributed by atoms with Gasteiger partial charge < -0.3 is 24.8 Å². The molecule has 0 aliphatic carbocycles. The van der Waals surface area contributed by atoms with Gasteiger partial charge >= 0.3 is 6.03 Å². The summed E-state index contributed by atoms with van der Waals surface area (Å²) in [6.45, 7) is 3.92. The molecule has 128 valence electrons. The van der Waals surface area contributed by atoms with Crippen molar-refractivity contribution in [3.8, 4) is 17.2 Å². The third-order valence-corrected chi connectivity index (χ3v) is 3.14. The Morgan fingerprint density at radius 2 is 1.58 bits per heavy atom. The lowest BCUT2D eigenvalue weighted by atomic mass is 10.2. The highest BCUT2D eigenvalue weighted by Crippen LogP contribution is 2.29. The van der Waals surface area contributed by atoms with Gasteiger partial charge in [0.25, 0.3) is 0 Å². The van der Waals surface area contributed by atoms with E-state index >= 15 is 0 Å². The Morgan fingerprint density at radius 1 is 0.917 bits per heavy atom. The lowest BCUT2D eigenvalue weighted by molar-refractivity contribution is 0.242. The van der Waals surface area contributed by atoms with Gasteiger partial charge in [-0.15, -0.1) is 0 Å². The number of urea groups is 1. The molecule has 2 N–H and O–H groups in total. The number of benzene rings is 2. The fraction of sp³-hybridized carbons (Fsp3) is 0.278. The molecule has 0 atom stereocenters. The summed E-state index contributed by atoms with van der Waals surface area (Å²) >= 11 is 0. The first-order valence-corrected chi connectivity index (χ1v) is 7.58. The van der Waals surface area contributed by atoms with E-state index in [9.17, 15) is 4.79 Å². The Kier molecular flexibility index (Phi) is 5.89. The maximum absolute atomic E-state index is 12.2. The molecule has 0 aromatic heterocycles. The Balaban J connectivity index is 2.03. The van der Waals surface area contributed by atoms with Crippen LogP contribution in [0.5, 0.6) is 17.2 Å². The molecular weight excluding hydrogens is 308 g/mol. The van der Waals surface area contributed by atoms with Gasteiger partial charge in [-0.25, -0.2) is 4.79 Å². The second-order valence-corrected chi connectivity index (χ2v) is 5.34. The molecule has 6 nitrogen and oxygen atoms in total. The predicted molar refractivity (Wildman–Crippen MR) is 94.4 cm³/mol. The molecule has 0 spiro atoms. The van der Waals surface area contributed by atoms with Crippen LogP contribution in [0.15, 0.2) is 42.5 Å². The number of hydrogen-bond acceptors (Lipinski definition) is 4. The van der Waals surface area contributed by atoms with Crippen LogP contribution >= 0.6 is 0 Å². The first-order chi connectivity index (χ1) is 11.5. The van der Waals surface area contributed by atoms with Crippen molar-refractivity contribution in [2.75, 3.05) is 24.9 Å². The van der Waals surface area contributed by atoms with Crippen molar-refractivity contribution in [2.45, 2.75) is 20.0 Å². The maximum Gasteiger partial charge on any atom is 0.323 e. The van der Waals surface area contributed by atoms with E-state index in [0.717, 1.165) is 5.75 Å². The molecule has 0 heterocycles. The summed E-state index contributed by atoms with van der Waals surface area (Å²) in [5.74, 6) is 1.93. The molecule has 0 saturated carbocycles. The Labute approximate surface area is 141 Å². The highest BCUT2D eigenvalue weighted by Gasteiger charge is 2.09. The summed E-state index contributed by atoms with van der Waals surface area (Å²) in [5, 5.41) is 5.50. The second kappa shape index (κ2) is 8.10. The number of carbonyl (C=O) groups excluding carboxylic acids is 1. The van der Waals surface area contributed by atoms with E-state index in [0.29, 0.717) is 22.9 Å².